The summed E-state index contributed by atoms with van der Waals surface area (Å²) in [6, 6.07) is 22.8. The van der Waals surface area contributed by atoms with Gasteiger partial charge in [0.05, 0.1) is 0 Å². The average molecular weight is 400 g/mol. The predicted molar refractivity (Wildman–Crippen MR) is 119 cm³/mol. The van der Waals surface area contributed by atoms with E-state index in [4.69, 9.17) is 9.15 Å². The van der Waals surface area contributed by atoms with Crippen LogP contribution in [0.1, 0.15) is 26.3 Å². The molecule has 0 atom stereocenters. The van der Waals surface area contributed by atoms with E-state index in [-0.39, 0.29) is 5.91 Å². The van der Waals surface area contributed by atoms with Crippen molar-refractivity contribution in [1.29, 1.82) is 0 Å². The van der Waals surface area contributed by atoms with E-state index in [1.165, 1.54) is 5.56 Å². The highest BCUT2D eigenvalue weighted by Crippen LogP contribution is 2.27. The van der Waals surface area contributed by atoms with Gasteiger partial charge in [-0.05, 0) is 68.3 Å². The minimum Gasteiger partial charge on any atom is -0.478 e. The van der Waals surface area contributed by atoms with Crippen molar-refractivity contribution in [2.45, 2.75) is 32.8 Å². The van der Waals surface area contributed by atoms with Gasteiger partial charge < -0.3 is 14.5 Å². The zero-order valence-corrected chi connectivity index (χ0v) is 17.3. The molecule has 1 heterocycles. The number of benzene rings is 3. The molecule has 0 saturated carbocycles. The van der Waals surface area contributed by atoms with Gasteiger partial charge in [0.2, 0.25) is 5.89 Å². The summed E-state index contributed by atoms with van der Waals surface area (Å²) in [5, 5.41) is 2.93. The Morgan fingerprint density at radius 1 is 1.03 bits per heavy atom. The van der Waals surface area contributed by atoms with Crippen LogP contribution in [0.5, 0.6) is 5.75 Å². The van der Waals surface area contributed by atoms with Crippen molar-refractivity contribution in [1.82, 2.24) is 4.98 Å². The number of carbonyl (C=O) groups is 1. The van der Waals surface area contributed by atoms with Crippen molar-refractivity contribution in [3.8, 4) is 17.2 Å². The van der Waals surface area contributed by atoms with Gasteiger partial charge in [-0.1, -0.05) is 37.3 Å². The number of hydrogen-bond acceptors (Lipinski definition) is 4. The van der Waals surface area contributed by atoms with Gasteiger partial charge in [0.1, 0.15) is 11.3 Å². The van der Waals surface area contributed by atoms with Gasteiger partial charge in [0.25, 0.3) is 5.91 Å². The molecule has 3 aromatic carbocycles. The average Bonchev–Trinajstić information content (AvgIpc) is 3.17. The Morgan fingerprint density at radius 3 is 2.60 bits per heavy atom. The lowest BCUT2D eigenvalue weighted by Crippen LogP contribution is -2.42. The van der Waals surface area contributed by atoms with Crippen LogP contribution in [0, 0.1) is 0 Å². The third-order valence-corrected chi connectivity index (χ3v) is 4.89. The molecule has 0 bridgehead atoms. The maximum Gasteiger partial charge on any atom is 0.267 e. The van der Waals surface area contributed by atoms with Crippen molar-refractivity contribution in [2.75, 3.05) is 5.32 Å². The Bertz CT molecular complexity index is 1180. The molecule has 4 aromatic rings. The van der Waals surface area contributed by atoms with Crippen LogP contribution in [0.4, 0.5) is 5.69 Å². The van der Waals surface area contributed by atoms with E-state index in [2.05, 4.69) is 17.2 Å². The molecule has 0 aliphatic rings. The largest absolute Gasteiger partial charge is 0.478 e. The maximum absolute atomic E-state index is 12.8. The summed E-state index contributed by atoms with van der Waals surface area (Å²) in [6.07, 6.45) is 0.945. The zero-order chi connectivity index (χ0) is 21.1. The second kappa shape index (κ2) is 8.03. The summed E-state index contributed by atoms with van der Waals surface area (Å²) in [4.78, 5) is 17.4. The Morgan fingerprint density at radius 2 is 1.83 bits per heavy atom. The number of ether oxygens (including phenoxy) is 1. The normalized spacial score (nSPS) is 11.4. The highest BCUT2D eigenvalue weighted by Gasteiger charge is 2.30. The summed E-state index contributed by atoms with van der Waals surface area (Å²) < 4.78 is 11.8. The minimum atomic E-state index is -1.04. The number of nitrogens with one attached hydrogen (secondary N) is 1. The molecule has 0 spiro atoms. The lowest BCUT2D eigenvalue weighted by molar-refractivity contribution is -0.128. The topological polar surface area (TPSA) is 64.4 Å². The van der Waals surface area contributed by atoms with E-state index in [0.717, 1.165) is 23.1 Å². The van der Waals surface area contributed by atoms with Crippen LogP contribution >= 0.6 is 0 Å². The fraction of sp³-hybridized carbons (Fsp3) is 0.200. The molecule has 5 heteroatoms. The van der Waals surface area contributed by atoms with E-state index in [1.807, 2.05) is 72.8 Å². The Labute approximate surface area is 175 Å². The first-order valence-electron chi connectivity index (χ1n) is 10.00. The van der Waals surface area contributed by atoms with Crippen LogP contribution in [0.2, 0.25) is 0 Å². The lowest BCUT2D eigenvalue weighted by Gasteiger charge is -2.25. The monoisotopic (exact) mass is 400 g/mol. The number of para-hydroxylation sites is 1. The molecule has 152 valence electrons. The minimum absolute atomic E-state index is 0.242. The van der Waals surface area contributed by atoms with Gasteiger partial charge in [0.15, 0.2) is 11.2 Å². The lowest BCUT2D eigenvalue weighted by atomic mass is 10.1. The van der Waals surface area contributed by atoms with Crippen molar-refractivity contribution in [3.05, 3.63) is 78.4 Å². The van der Waals surface area contributed by atoms with Crippen LogP contribution in [0.15, 0.2) is 77.2 Å². The molecular formula is C25H24N2O3. The molecule has 5 nitrogen and oxygen atoms in total. The number of carbonyl (C=O) groups excluding carboxylic acids is 1. The van der Waals surface area contributed by atoms with Crippen molar-refractivity contribution >= 4 is 22.7 Å². The maximum atomic E-state index is 12.8. The van der Waals surface area contributed by atoms with Crippen LogP contribution in [0.3, 0.4) is 0 Å². The number of anilines is 1. The number of rotatable bonds is 6. The van der Waals surface area contributed by atoms with Gasteiger partial charge in [0, 0.05) is 11.3 Å². The van der Waals surface area contributed by atoms with Crippen LogP contribution < -0.4 is 10.1 Å². The second-order valence-corrected chi connectivity index (χ2v) is 7.64. The zero-order valence-electron chi connectivity index (χ0n) is 17.3. The molecule has 1 aromatic heterocycles. The fourth-order valence-electron chi connectivity index (χ4n) is 3.16. The van der Waals surface area contributed by atoms with Crippen LogP contribution in [0.25, 0.3) is 22.6 Å². The summed E-state index contributed by atoms with van der Waals surface area (Å²) in [5.74, 6) is 0.923. The van der Waals surface area contributed by atoms with Crippen molar-refractivity contribution < 1.29 is 13.9 Å². The number of aromatic nitrogens is 1. The Kier molecular flexibility index (Phi) is 5.27. The van der Waals surface area contributed by atoms with Crippen molar-refractivity contribution in [2.24, 2.45) is 0 Å². The highest BCUT2D eigenvalue weighted by atomic mass is 16.5. The van der Waals surface area contributed by atoms with Gasteiger partial charge in [-0.15, -0.1) is 0 Å². The number of aryl methyl sites for hydroxylation is 1. The highest BCUT2D eigenvalue weighted by molar-refractivity contribution is 5.97. The smallest absolute Gasteiger partial charge is 0.267 e. The van der Waals surface area contributed by atoms with Gasteiger partial charge in [-0.25, -0.2) is 4.98 Å². The predicted octanol–water partition coefficient (Wildman–Crippen LogP) is 5.85. The summed E-state index contributed by atoms with van der Waals surface area (Å²) in [7, 11) is 0. The molecule has 4 rings (SSSR count). The molecule has 1 N–H and O–H groups in total. The second-order valence-electron chi connectivity index (χ2n) is 7.64. The Balaban J connectivity index is 1.54. The number of fused-ring (bicyclic) bond motifs is 1. The van der Waals surface area contributed by atoms with Crippen molar-refractivity contribution in [3.63, 3.8) is 0 Å². The number of hydrogen-bond donors (Lipinski definition) is 1. The number of nitrogens with zero attached hydrogens (tertiary/aromatic N) is 1. The van der Waals surface area contributed by atoms with Gasteiger partial charge >= 0.3 is 0 Å². The molecule has 0 radical (unpaired) electrons. The third-order valence-electron chi connectivity index (χ3n) is 4.89. The standard InChI is InChI=1S/C25H24N2O3/c1-4-17-13-14-22-21(15-17)27-23(29-22)18-9-8-10-19(16-18)26-24(28)25(2,3)30-20-11-6-5-7-12-20/h5-16H,4H2,1-3H3,(H,26,28). The van der Waals surface area contributed by atoms with Gasteiger partial charge in [-0.3, -0.25) is 4.79 Å². The first-order valence-corrected chi connectivity index (χ1v) is 10.00. The SMILES string of the molecule is CCc1ccc2oc(-c3cccc(NC(=O)C(C)(C)Oc4ccccc4)c3)nc2c1. The summed E-state index contributed by atoms with van der Waals surface area (Å²) in [5.41, 5.74) is 3.20. The van der Waals surface area contributed by atoms with E-state index in [1.54, 1.807) is 13.8 Å². The number of oxazole rings is 1. The third kappa shape index (κ3) is 4.20. The van der Waals surface area contributed by atoms with E-state index >= 15 is 0 Å². The molecule has 30 heavy (non-hydrogen) atoms. The quantitative estimate of drug-likeness (QED) is 0.441. The molecular weight excluding hydrogens is 376 g/mol. The first kappa shape index (κ1) is 19.7. The first-order chi connectivity index (χ1) is 14.4. The van der Waals surface area contributed by atoms with E-state index in [9.17, 15) is 4.79 Å². The summed E-state index contributed by atoms with van der Waals surface area (Å²) >= 11 is 0. The molecule has 0 aliphatic carbocycles. The van der Waals surface area contributed by atoms with Gasteiger partial charge in [-0.2, -0.15) is 0 Å². The summed E-state index contributed by atoms with van der Waals surface area (Å²) in [6.45, 7) is 5.59. The molecule has 0 unspecified atom stereocenters. The molecule has 1 amide bonds. The Hall–Kier alpha value is -3.60. The number of amides is 1. The van der Waals surface area contributed by atoms with E-state index < -0.39 is 5.60 Å². The molecule has 0 fully saturated rings. The van der Waals surface area contributed by atoms with E-state index in [0.29, 0.717) is 17.3 Å². The van der Waals surface area contributed by atoms with Crippen LogP contribution in [-0.2, 0) is 11.2 Å². The fourth-order valence-corrected chi connectivity index (χ4v) is 3.16. The van der Waals surface area contributed by atoms with Crippen LogP contribution in [-0.4, -0.2) is 16.5 Å². The molecule has 0 saturated heterocycles. The molecule has 0 aliphatic heterocycles.